The Morgan fingerprint density at radius 2 is 1.62 bits per heavy atom. The molecule has 0 saturated carbocycles. The van der Waals surface area contributed by atoms with Crippen LogP contribution in [0.25, 0.3) is 11.3 Å². The number of rotatable bonds is 4. The lowest BCUT2D eigenvalue weighted by atomic mass is 10.0. The minimum atomic E-state index is -2.26. The number of carbonyl (C=O) groups is 1. The van der Waals surface area contributed by atoms with Gasteiger partial charge in [-0.1, -0.05) is 6.07 Å². The highest BCUT2D eigenvalue weighted by Crippen LogP contribution is 2.29. The van der Waals surface area contributed by atoms with E-state index in [9.17, 15) is 26.7 Å². The molecule has 1 aliphatic heterocycles. The number of hydrogen-bond acceptors (Lipinski definition) is 5. The highest BCUT2D eigenvalue weighted by molar-refractivity contribution is 5.94. The molecule has 0 radical (unpaired) electrons. The van der Waals surface area contributed by atoms with Gasteiger partial charge in [0.25, 0.3) is 0 Å². The van der Waals surface area contributed by atoms with Gasteiger partial charge in [0.05, 0.1) is 11.8 Å². The van der Waals surface area contributed by atoms with E-state index in [2.05, 4.69) is 5.10 Å². The summed E-state index contributed by atoms with van der Waals surface area (Å²) in [4.78, 5) is 11.5. The van der Waals surface area contributed by atoms with Crippen LogP contribution in [0.1, 0.15) is 21.7 Å². The zero-order valence-corrected chi connectivity index (χ0v) is 14.2. The normalized spacial score (nSPS) is 13.1. The summed E-state index contributed by atoms with van der Waals surface area (Å²) < 4.78 is 76.9. The van der Waals surface area contributed by atoms with Gasteiger partial charge in [-0.05, 0) is 24.3 Å². The van der Waals surface area contributed by atoms with E-state index in [4.69, 9.17) is 9.15 Å². The minimum Gasteiger partial charge on any atom is -0.457 e. The second-order valence-electron chi connectivity index (χ2n) is 5.96. The number of cyclic esters (lactones) is 1. The Bertz CT molecular complexity index is 1140. The summed E-state index contributed by atoms with van der Waals surface area (Å²) in [5.74, 6) is -10.3. The van der Waals surface area contributed by atoms with Crippen molar-refractivity contribution in [1.82, 2.24) is 0 Å². The molecule has 0 spiro atoms. The van der Waals surface area contributed by atoms with Crippen molar-refractivity contribution < 1.29 is 35.9 Å². The van der Waals surface area contributed by atoms with E-state index < -0.39 is 40.7 Å². The third kappa shape index (κ3) is 3.22. The standard InChI is InChI=1S/C19H9F5N2O3/c20-13-14(21)16(23)18(17(24)15(13)22)26-25-6-10-2-4-12(29-10)8-1-3-11-9(5-8)7-28-19(11)27/h1-6,26H,7H2. The van der Waals surface area contributed by atoms with Gasteiger partial charge in [-0.2, -0.15) is 5.10 Å². The summed E-state index contributed by atoms with van der Waals surface area (Å²) in [6, 6.07) is 8.03. The fourth-order valence-corrected chi connectivity index (χ4v) is 2.73. The minimum absolute atomic E-state index is 0.143. The number of hydrogen-bond donors (Lipinski definition) is 1. The molecule has 0 atom stereocenters. The molecule has 2 heterocycles. The van der Waals surface area contributed by atoms with Gasteiger partial charge in [-0.25, -0.2) is 26.7 Å². The lowest BCUT2D eigenvalue weighted by Gasteiger charge is -2.06. The van der Waals surface area contributed by atoms with Gasteiger partial charge in [0, 0.05) is 11.1 Å². The van der Waals surface area contributed by atoms with Crippen LogP contribution < -0.4 is 5.43 Å². The Labute approximate surface area is 159 Å². The van der Waals surface area contributed by atoms with Crippen molar-refractivity contribution in [2.45, 2.75) is 6.61 Å². The topological polar surface area (TPSA) is 63.8 Å². The molecule has 29 heavy (non-hydrogen) atoms. The number of benzene rings is 2. The van der Waals surface area contributed by atoms with Crippen LogP contribution in [0.15, 0.2) is 39.9 Å². The van der Waals surface area contributed by atoms with Crippen LogP contribution in [0.4, 0.5) is 27.6 Å². The van der Waals surface area contributed by atoms with Crippen LogP contribution >= 0.6 is 0 Å². The average molecular weight is 408 g/mol. The number of carbonyl (C=O) groups excluding carboxylic acids is 1. The van der Waals surface area contributed by atoms with Crippen LogP contribution in [-0.4, -0.2) is 12.2 Å². The van der Waals surface area contributed by atoms with Gasteiger partial charge in [0.1, 0.15) is 23.8 Å². The highest BCUT2D eigenvalue weighted by atomic mass is 19.2. The summed E-state index contributed by atoms with van der Waals surface area (Å²) in [5.41, 5.74) is 2.32. The summed E-state index contributed by atoms with van der Waals surface area (Å²) >= 11 is 0. The van der Waals surface area contributed by atoms with Crippen molar-refractivity contribution in [1.29, 1.82) is 0 Å². The van der Waals surface area contributed by atoms with E-state index in [0.717, 1.165) is 6.21 Å². The van der Waals surface area contributed by atoms with E-state index in [1.807, 2.05) is 0 Å². The lowest BCUT2D eigenvalue weighted by molar-refractivity contribution is 0.0535. The number of nitrogens with one attached hydrogen (secondary N) is 1. The number of esters is 1. The maximum absolute atomic E-state index is 13.6. The molecule has 0 aliphatic carbocycles. The Kier molecular flexibility index (Phi) is 4.53. The van der Waals surface area contributed by atoms with Crippen LogP contribution in [0.2, 0.25) is 0 Å². The van der Waals surface area contributed by atoms with Crippen LogP contribution in [0.5, 0.6) is 0 Å². The van der Waals surface area contributed by atoms with Crippen LogP contribution in [0.3, 0.4) is 0 Å². The van der Waals surface area contributed by atoms with Gasteiger partial charge in [-0.15, -0.1) is 0 Å². The molecule has 5 nitrogen and oxygen atoms in total. The number of fused-ring (bicyclic) bond motifs is 1. The van der Waals surface area contributed by atoms with E-state index in [0.29, 0.717) is 22.5 Å². The molecule has 0 saturated heterocycles. The zero-order valence-electron chi connectivity index (χ0n) is 14.2. The van der Waals surface area contributed by atoms with E-state index in [1.54, 1.807) is 29.7 Å². The first-order chi connectivity index (χ1) is 13.9. The SMILES string of the molecule is O=C1OCc2cc(-c3ccc(C=NNc4c(F)c(F)c(F)c(F)c4F)o3)ccc21. The summed E-state index contributed by atoms with van der Waals surface area (Å²) in [6.07, 6.45) is 1.00. The molecule has 3 aromatic rings. The molecule has 0 unspecified atom stereocenters. The summed E-state index contributed by atoms with van der Waals surface area (Å²) in [7, 11) is 0. The molecular weight excluding hydrogens is 399 g/mol. The van der Waals surface area contributed by atoms with E-state index in [-0.39, 0.29) is 12.4 Å². The number of halogens is 5. The fraction of sp³-hybridized carbons (Fsp3) is 0.0526. The molecule has 1 aliphatic rings. The smallest absolute Gasteiger partial charge is 0.338 e. The molecule has 2 aromatic carbocycles. The molecule has 148 valence electrons. The number of hydrazone groups is 1. The van der Waals surface area contributed by atoms with Gasteiger partial charge < -0.3 is 9.15 Å². The number of furan rings is 1. The van der Waals surface area contributed by atoms with Gasteiger partial charge in [-0.3, -0.25) is 5.43 Å². The molecule has 0 fully saturated rings. The number of nitrogens with zero attached hydrogens (tertiary/aromatic N) is 1. The third-order valence-corrected chi connectivity index (χ3v) is 4.17. The molecular formula is C19H9F5N2O3. The maximum Gasteiger partial charge on any atom is 0.338 e. The maximum atomic E-state index is 13.6. The number of anilines is 1. The summed E-state index contributed by atoms with van der Waals surface area (Å²) in [6.45, 7) is 0.156. The monoisotopic (exact) mass is 408 g/mol. The highest BCUT2D eigenvalue weighted by Gasteiger charge is 2.25. The molecule has 4 rings (SSSR count). The van der Waals surface area contributed by atoms with Crippen molar-refractivity contribution in [3.63, 3.8) is 0 Å². The zero-order chi connectivity index (χ0) is 20.7. The quantitative estimate of drug-likeness (QED) is 0.169. The van der Waals surface area contributed by atoms with Crippen molar-refractivity contribution in [3.8, 4) is 11.3 Å². The van der Waals surface area contributed by atoms with Crippen molar-refractivity contribution in [2.75, 3.05) is 5.43 Å². The third-order valence-electron chi connectivity index (χ3n) is 4.17. The van der Waals surface area contributed by atoms with Crippen molar-refractivity contribution in [3.05, 3.63) is 76.3 Å². The molecule has 10 heteroatoms. The molecule has 1 aromatic heterocycles. The molecule has 0 bridgehead atoms. The lowest BCUT2D eigenvalue weighted by Crippen LogP contribution is -2.06. The molecule has 1 N–H and O–H groups in total. The van der Waals surface area contributed by atoms with Gasteiger partial charge >= 0.3 is 5.97 Å². The Hall–Kier alpha value is -3.69. The van der Waals surface area contributed by atoms with E-state index >= 15 is 0 Å². The first-order valence-corrected chi connectivity index (χ1v) is 8.07. The van der Waals surface area contributed by atoms with Crippen molar-refractivity contribution >= 4 is 17.9 Å². The average Bonchev–Trinajstić information content (AvgIpc) is 3.34. The first-order valence-electron chi connectivity index (χ1n) is 8.07. The Morgan fingerprint density at radius 1 is 0.931 bits per heavy atom. The first kappa shape index (κ1) is 18.7. The Morgan fingerprint density at radius 3 is 2.34 bits per heavy atom. The summed E-state index contributed by atoms with van der Waals surface area (Å²) in [5, 5.41) is 3.45. The van der Waals surface area contributed by atoms with Gasteiger partial charge in [0.15, 0.2) is 23.3 Å². The van der Waals surface area contributed by atoms with Gasteiger partial charge in [0.2, 0.25) is 5.82 Å². The number of ether oxygens (including phenoxy) is 1. The Balaban J connectivity index is 1.54. The predicted octanol–water partition coefficient (Wildman–Crippen LogP) is 4.76. The van der Waals surface area contributed by atoms with Crippen LogP contribution in [0, 0.1) is 29.1 Å². The predicted molar refractivity (Wildman–Crippen MR) is 90.7 cm³/mol. The molecule has 0 amide bonds. The second kappa shape index (κ2) is 7.04. The largest absolute Gasteiger partial charge is 0.457 e. The fourth-order valence-electron chi connectivity index (χ4n) is 2.73. The van der Waals surface area contributed by atoms with Crippen molar-refractivity contribution in [2.24, 2.45) is 5.10 Å². The van der Waals surface area contributed by atoms with E-state index in [1.165, 1.54) is 6.07 Å². The van der Waals surface area contributed by atoms with Crippen LogP contribution in [-0.2, 0) is 11.3 Å². The second-order valence-corrected chi connectivity index (χ2v) is 5.96.